The van der Waals surface area contributed by atoms with Crippen LogP contribution in [0.2, 0.25) is 5.02 Å². The van der Waals surface area contributed by atoms with Gasteiger partial charge in [0.25, 0.3) is 0 Å². The highest BCUT2D eigenvalue weighted by Crippen LogP contribution is 2.17. The summed E-state index contributed by atoms with van der Waals surface area (Å²) in [6.07, 6.45) is -0.546. The lowest BCUT2D eigenvalue weighted by Crippen LogP contribution is -2.48. The van der Waals surface area contributed by atoms with E-state index in [1.165, 1.54) is 0 Å². The largest absolute Gasteiger partial charge is 0.445 e. The molecular formula is C19H18ClN3O3. The van der Waals surface area contributed by atoms with Gasteiger partial charge < -0.3 is 15.4 Å². The SMILES string of the molecule is N#CCNC(=O)[C@@H](Cc1ccccc1Cl)NC(=O)OCc1ccccc1. The summed E-state index contributed by atoms with van der Waals surface area (Å²) in [6.45, 7) is -0.0656. The quantitative estimate of drug-likeness (QED) is 0.732. The summed E-state index contributed by atoms with van der Waals surface area (Å²) in [4.78, 5) is 24.3. The van der Waals surface area contributed by atoms with Crippen molar-refractivity contribution in [3.8, 4) is 6.07 Å². The third-order valence-electron chi connectivity index (χ3n) is 3.54. The lowest BCUT2D eigenvalue weighted by atomic mass is 10.1. The maximum Gasteiger partial charge on any atom is 0.408 e. The molecule has 0 bridgehead atoms. The number of halogens is 1. The summed E-state index contributed by atoms with van der Waals surface area (Å²) in [6, 6.07) is 17.2. The Balaban J connectivity index is 2.00. The molecule has 0 aliphatic rings. The van der Waals surface area contributed by atoms with Crippen molar-refractivity contribution < 1.29 is 14.3 Å². The van der Waals surface area contributed by atoms with E-state index < -0.39 is 18.0 Å². The number of carbonyl (C=O) groups is 2. The first-order chi connectivity index (χ1) is 12.6. The molecule has 134 valence electrons. The fraction of sp³-hybridized carbons (Fsp3) is 0.211. The first kappa shape index (κ1) is 19.3. The van der Waals surface area contributed by atoms with Crippen molar-refractivity contribution in [1.82, 2.24) is 10.6 Å². The second kappa shape index (κ2) is 10.1. The van der Waals surface area contributed by atoms with Crippen LogP contribution in [0.3, 0.4) is 0 Å². The van der Waals surface area contributed by atoms with Crippen LogP contribution in [0.5, 0.6) is 0 Å². The lowest BCUT2D eigenvalue weighted by molar-refractivity contribution is -0.122. The fourth-order valence-electron chi connectivity index (χ4n) is 2.25. The topological polar surface area (TPSA) is 91.2 Å². The molecule has 0 heterocycles. The number of ether oxygens (including phenoxy) is 1. The van der Waals surface area contributed by atoms with Crippen molar-refractivity contribution in [2.45, 2.75) is 19.1 Å². The molecule has 2 amide bonds. The first-order valence-electron chi connectivity index (χ1n) is 7.95. The highest BCUT2D eigenvalue weighted by atomic mass is 35.5. The molecule has 0 fully saturated rings. The minimum absolute atomic E-state index is 0.0886. The highest BCUT2D eigenvalue weighted by Gasteiger charge is 2.22. The maximum atomic E-state index is 12.3. The zero-order valence-corrected chi connectivity index (χ0v) is 14.7. The standard InChI is InChI=1S/C19H18ClN3O3/c20-16-9-5-4-8-15(16)12-17(18(24)22-11-10-21)23-19(25)26-13-14-6-2-1-3-7-14/h1-9,17H,11-13H2,(H,22,24)(H,23,25)/t17-/m1/s1. The average Bonchev–Trinajstić information content (AvgIpc) is 2.66. The number of alkyl carbamates (subject to hydrolysis) is 1. The molecule has 0 aliphatic heterocycles. The Morgan fingerprint density at radius 3 is 2.50 bits per heavy atom. The Morgan fingerprint density at radius 2 is 1.81 bits per heavy atom. The Kier molecular flexibility index (Phi) is 7.47. The van der Waals surface area contributed by atoms with Crippen molar-refractivity contribution in [3.05, 3.63) is 70.7 Å². The number of hydrogen-bond donors (Lipinski definition) is 2. The van der Waals surface area contributed by atoms with E-state index in [2.05, 4.69) is 10.6 Å². The number of amides is 2. The van der Waals surface area contributed by atoms with Gasteiger partial charge in [0.15, 0.2) is 0 Å². The molecule has 0 aliphatic carbocycles. The van der Waals surface area contributed by atoms with Gasteiger partial charge in [-0.05, 0) is 17.2 Å². The molecule has 2 rings (SSSR count). The minimum Gasteiger partial charge on any atom is -0.445 e. The molecule has 1 atom stereocenters. The van der Waals surface area contributed by atoms with Gasteiger partial charge in [0, 0.05) is 11.4 Å². The second-order valence-electron chi connectivity index (χ2n) is 5.43. The van der Waals surface area contributed by atoms with Gasteiger partial charge in [-0.3, -0.25) is 4.79 Å². The van der Waals surface area contributed by atoms with E-state index in [0.717, 1.165) is 5.56 Å². The molecule has 0 saturated heterocycles. The average molecular weight is 372 g/mol. The van der Waals surface area contributed by atoms with Gasteiger partial charge >= 0.3 is 6.09 Å². The van der Waals surface area contributed by atoms with Gasteiger partial charge in [0.05, 0.1) is 6.07 Å². The van der Waals surface area contributed by atoms with E-state index in [-0.39, 0.29) is 19.6 Å². The predicted molar refractivity (Wildman–Crippen MR) is 97.3 cm³/mol. The number of carbonyl (C=O) groups excluding carboxylic acids is 2. The van der Waals surface area contributed by atoms with Gasteiger partial charge in [-0.15, -0.1) is 0 Å². The summed E-state index contributed by atoms with van der Waals surface area (Å²) >= 11 is 6.13. The van der Waals surface area contributed by atoms with Gasteiger partial charge in [-0.1, -0.05) is 60.1 Å². The zero-order chi connectivity index (χ0) is 18.8. The third kappa shape index (κ3) is 6.11. The Bertz CT molecular complexity index is 790. The number of benzene rings is 2. The van der Waals surface area contributed by atoms with E-state index in [1.807, 2.05) is 36.4 Å². The van der Waals surface area contributed by atoms with Crippen LogP contribution in [0, 0.1) is 11.3 Å². The Hall–Kier alpha value is -3.04. The molecule has 0 saturated carbocycles. The molecule has 0 radical (unpaired) electrons. The lowest BCUT2D eigenvalue weighted by Gasteiger charge is -2.18. The minimum atomic E-state index is -0.911. The van der Waals surface area contributed by atoms with Crippen molar-refractivity contribution >= 4 is 23.6 Å². The summed E-state index contributed by atoms with van der Waals surface area (Å²) < 4.78 is 5.15. The van der Waals surface area contributed by atoms with Crippen LogP contribution in [-0.4, -0.2) is 24.6 Å². The molecule has 0 aromatic heterocycles. The molecule has 26 heavy (non-hydrogen) atoms. The molecule has 0 spiro atoms. The van der Waals surface area contributed by atoms with Crippen molar-refractivity contribution in [1.29, 1.82) is 5.26 Å². The first-order valence-corrected chi connectivity index (χ1v) is 8.33. The Labute approximate surface area is 156 Å². The van der Waals surface area contributed by atoms with E-state index in [9.17, 15) is 9.59 Å². The summed E-state index contributed by atoms with van der Waals surface area (Å²) in [7, 11) is 0. The summed E-state index contributed by atoms with van der Waals surface area (Å²) in [5.74, 6) is -0.483. The van der Waals surface area contributed by atoms with Crippen LogP contribution < -0.4 is 10.6 Å². The predicted octanol–water partition coefficient (Wildman–Crippen LogP) is 2.82. The molecule has 7 heteroatoms. The smallest absolute Gasteiger partial charge is 0.408 e. The van der Waals surface area contributed by atoms with Crippen molar-refractivity contribution in [2.75, 3.05) is 6.54 Å². The van der Waals surface area contributed by atoms with E-state index in [0.29, 0.717) is 10.6 Å². The van der Waals surface area contributed by atoms with E-state index in [1.54, 1.807) is 24.3 Å². The van der Waals surface area contributed by atoms with Crippen LogP contribution in [-0.2, 0) is 22.6 Å². The van der Waals surface area contributed by atoms with Gasteiger partial charge in [0.2, 0.25) is 5.91 Å². The second-order valence-corrected chi connectivity index (χ2v) is 5.84. The van der Waals surface area contributed by atoms with Crippen molar-refractivity contribution in [2.24, 2.45) is 0 Å². The van der Waals surface area contributed by atoms with Gasteiger partial charge in [-0.25, -0.2) is 4.79 Å². The third-order valence-corrected chi connectivity index (χ3v) is 3.91. The number of nitrogens with one attached hydrogen (secondary N) is 2. The van der Waals surface area contributed by atoms with Crippen molar-refractivity contribution in [3.63, 3.8) is 0 Å². The normalized spacial score (nSPS) is 11.1. The van der Waals surface area contributed by atoms with Crippen LogP contribution in [0.15, 0.2) is 54.6 Å². The molecular weight excluding hydrogens is 354 g/mol. The summed E-state index contributed by atoms with van der Waals surface area (Å²) in [5, 5.41) is 14.1. The molecule has 2 aromatic rings. The molecule has 0 unspecified atom stereocenters. The molecule has 2 N–H and O–H groups in total. The number of rotatable bonds is 7. The Morgan fingerprint density at radius 1 is 1.12 bits per heavy atom. The van der Waals surface area contributed by atoms with Crippen LogP contribution in [0.1, 0.15) is 11.1 Å². The number of nitriles is 1. The highest BCUT2D eigenvalue weighted by molar-refractivity contribution is 6.31. The van der Waals surface area contributed by atoms with E-state index in [4.69, 9.17) is 21.6 Å². The molecule has 6 nitrogen and oxygen atoms in total. The van der Waals surface area contributed by atoms with Gasteiger partial charge in [-0.2, -0.15) is 5.26 Å². The van der Waals surface area contributed by atoms with Gasteiger partial charge in [0.1, 0.15) is 19.2 Å². The fourth-order valence-corrected chi connectivity index (χ4v) is 2.46. The summed E-state index contributed by atoms with van der Waals surface area (Å²) in [5.41, 5.74) is 1.54. The van der Waals surface area contributed by atoms with Crippen LogP contribution in [0.4, 0.5) is 4.79 Å². The van der Waals surface area contributed by atoms with Crippen LogP contribution in [0.25, 0.3) is 0 Å². The number of nitrogens with zero attached hydrogens (tertiary/aromatic N) is 1. The maximum absolute atomic E-state index is 12.3. The zero-order valence-electron chi connectivity index (χ0n) is 13.9. The van der Waals surface area contributed by atoms with E-state index >= 15 is 0 Å². The number of hydrogen-bond acceptors (Lipinski definition) is 4. The monoisotopic (exact) mass is 371 g/mol. The molecule has 2 aromatic carbocycles. The van der Waals surface area contributed by atoms with Crippen LogP contribution >= 0.6 is 11.6 Å².